The normalized spacial score (nSPS) is 16.4. The zero-order chi connectivity index (χ0) is 13.7. The minimum absolute atomic E-state index is 0. The van der Waals surface area contributed by atoms with E-state index in [4.69, 9.17) is 5.73 Å². The van der Waals surface area contributed by atoms with Gasteiger partial charge in [0, 0.05) is 17.6 Å². The largest absolute Gasteiger partial charge is 0.399 e. The molecule has 1 aliphatic rings. The molecule has 0 aliphatic heterocycles. The summed E-state index contributed by atoms with van der Waals surface area (Å²) in [5.41, 5.74) is 7.57. The van der Waals surface area contributed by atoms with Gasteiger partial charge in [0.25, 0.3) is 0 Å². The van der Waals surface area contributed by atoms with Gasteiger partial charge in [-0.1, -0.05) is 31.9 Å². The quantitative estimate of drug-likeness (QED) is 0.819. The molecule has 1 aliphatic carbocycles. The number of halogens is 1. The van der Waals surface area contributed by atoms with Crippen LogP contribution >= 0.6 is 12.4 Å². The maximum Gasteiger partial charge on any atom is 0.226 e. The number of benzene rings is 1. The highest BCUT2D eigenvalue weighted by molar-refractivity contribution is 5.85. The van der Waals surface area contributed by atoms with Crippen LogP contribution in [0.15, 0.2) is 24.3 Å². The summed E-state index contributed by atoms with van der Waals surface area (Å²) < 4.78 is 0. The monoisotopic (exact) mass is 296 g/mol. The van der Waals surface area contributed by atoms with Crippen LogP contribution in [0.25, 0.3) is 0 Å². The average molecular weight is 297 g/mol. The molecule has 0 saturated heterocycles. The molecule has 0 heterocycles. The molecule has 0 aromatic heterocycles. The Morgan fingerprint density at radius 1 is 1.25 bits per heavy atom. The van der Waals surface area contributed by atoms with Gasteiger partial charge in [0.05, 0.1) is 0 Å². The lowest BCUT2D eigenvalue weighted by Crippen LogP contribution is -2.39. The third kappa shape index (κ3) is 3.89. The summed E-state index contributed by atoms with van der Waals surface area (Å²) in [7, 11) is 0. The second-order valence-electron chi connectivity index (χ2n) is 5.59. The van der Waals surface area contributed by atoms with Gasteiger partial charge in [0.2, 0.25) is 5.91 Å². The third-order valence-electron chi connectivity index (χ3n) is 4.40. The number of hydrogen-bond donors (Lipinski definition) is 2. The second-order valence-corrected chi connectivity index (χ2v) is 5.59. The summed E-state index contributed by atoms with van der Waals surface area (Å²) in [4.78, 5) is 12.3. The fourth-order valence-electron chi connectivity index (χ4n) is 2.99. The van der Waals surface area contributed by atoms with Crippen LogP contribution in [0.2, 0.25) is 0 Å². The van der Waals surface area contributed by atoms with Crippen LogP contribution in [-0.4, -0.2) is 12.5 Å². The van der Waals surface area contributed by atoms with Gasteiger partial charge < -0.3 is 11.1 Å². The van der Waals surface area contributed by atoms with E-state index >= 15 is 0 Å². The van der Waals surface area contributed by atoms with Gasteiger partial charge in [-0.15, -0.1) is 12.4 Å². The average Bonchev–Trinajstić information content (AvgIpc) is 2.91. The highest BCUT2D eigenvalue weighted by atomic mass is 35.5. The van der Waals surface area contributed by atoms with Gasteiger partial charge in [-0.25, -0.2) is 0 Å². The van der Waals surface area contributed by atoms with Gasteiger partial charge in [-0.2, -0.15) is 0 Å². The fourth-order valence-corrected chi connectivity index (χ4v) is 2.99. The maximum absolute atomic E-state index is 12.3. The number of nitrogen functional groups attached to an aromatic ring is 1. The molecular formula is C16H25ClN2O. The summed E-state index contributed by atoms with van der Waals surface area (Å²) >= 11 is 0. The Kier molecular flexibility index (Phi) is 6.34. The van der Waals surface area contributed by atoms with Crippen LogP contribution in [-0.2, 0) is 11.2 Å². The third-order valence-corrected chi connectivity index (χ3v) is 4.40. The number of carbonyl (C=O) groups is 1. The smallest absolute Gasteiger partial charge is 0.226 e. The Balaban J connectivity index is 0.00000200. The molecule has 0 atom stereocenters. The van der Waals surface area contributed by atoms with Crippen LogP contribution in [0, 0.1) is 5.41 Å². The van der Waals surface area contributed by atoms with Crippen molar-refractivity contribution in [2.24, 2.45) is 5.41 Å². The highest BCUT2D eigenvalue weighted by Crippen LogP contribution is 2.40. The molecule has 112 valence electrons. The zero-order valence-electron chi connectivity index (χ0n) is 12.2. The summed E-state index contributed by atoms with van der Waals surface area (Å²) in [6, 6.07) is 7.85. The number of amides is 1. The topological polar surface area (TPSA) is 55.1 Å². The first kappa shape index (κ1) is 16.8. The van der Waals surface area contributed by atoms with Crippen LogP contribution in [0.3, 0.4) is 0 Å². The number of rotatable bonds is 5. The number of hydrogen-bond acceptors (Lipinski definition) is 2. The van der Waals surface area contributed by atoms with Crippen molar-refractivity contribution in [1.82, 2.24) is 5.32 Å². The van der Waals surface area contributed by atoms with Gasteiger partial charge >= 0.3 is 0 Å². The molecule has 0 unspecified atom stereocenters. The molecule has 0 radical (unpaired) electrons. The summed E-state index contributed by atoms with van der Waals surface area (Å²) in [5.74, 6) is 0.253. The Labute approximate surface area is 127 Å². The number of carbonyl (C=O) groups excluding carboxylic acids is 1. The first-order chi connectivity index (χ1) is 9.16. The van der Waals surface area contributed by atoms with Crippen molar-refractivity contribution < 1.29 is 4.79 Å². The van der Waals surface area contributed by atoms with E-state index in [1.54, 1.807) is 0 Å². The van der Waals surface area contributed by atoms with E-state index in [0.717, 1.165) is 31.4 Å². The molecule has 0 spiro atoms. The molecule has 1 amide bonds. The van der Waals surface area contributed by atoms with E-state index in [-0.39, 0.29) is 23.7 Å². The summed E-state index contributed by atoms with van der Waals surface area (Å²) in [5, 5.41) is 3.11. The molecule has 3 N–H and O–H groups in total. The van der Waals surface area contributed by atoms with E-state index in [1.807, 2.05) is 24.3 Å². The van der Waals surface area contributed by atoms with Gasteiger partial charge in [0.15, 0.2) is 0 Å². The molecule has 2 rings (SSSR count). The first-order valence-electron chi connectivity index (χ1n) is 7.29. The number of nitrogens with two attached hydrogens (primary N) is 1. The second kappa shape index (κ2) is 7.53. The molecule has 3 nitrogen and oxygen atoms in total. The van der Waals surface area contributed by atoms with E-state index < -0.39 is 0 Å². The van der Waals surface area contributed by atoms with E-state index in [9.17, 15) is 4.79 Å². The Morgan fingerprint density at radius 3 is 2.40 bits per heavy atom. The van der Waals surface area contributed by atoms with Gasteiger partial charge in [-0.05, 0) is 43.4 Å². The van der Waals surface area contributed by atoms with Crippen LogP contribution < -0.4 is 11.1 Å². The van der Waals surface area contributed by atoms with Crippen molar-refractivity contribution in [2.45, 2.75) is 45.4 Å². The Hall–Kier alpha value is -1.22. The minimum atomic E-state index is -0.0822. The standard InChI is InChI=1S/C16H24N2O.ClH/c1-2-16(10-3-4-11-16)15(19)18-12-9-13-5-7-14(17)8-6-13;/h5-8H,2-4,9-12,17H2,1H3,(H,18,19);1H. The van der Waals surface area contributed by atoms with Crippen LogP contribution in [0.1, 0.15) is 44.6 Å². The van der Waals surface area contributed by atoms with E-state index in [2.05, 4.69) is 12.2 Å². The summed E-state index contributed by atoms with van der Waals surface area (Å²) in [6.07, 6.45) is 6.32. The molecule has 0 bridgehead atoms. The highest BCUT2D eigenvalue weighted by Gasteiger charge is 2.38. The van der Waals surface area contributed by atoms with Crippen molar-refractivity contribution in [3.05, 3.63) is 29.8 Å². The number of anilines is 1. The van der Waals surface area contributed by atoms with E-state index in [1.165, 1.54) is 18.4 Å². The van der Waals surface area contributed by atoms with Gasteiger partial charge in [-0.3, -0.25) is 4.79 Å². The molecule has 1 aromatic carbocycles. The van der Waals surface area contributed by atoms with Crippen LogP contribution in [0.4, 0.5) is 5.69 Å². The molecule has 20 heavy (non-hydrogen) atoms. The fraction of sp³-hybridized carbons (Fsp3) is 0.562. The zero-order valence-corrected chi connectivity index (χ0v) is 13.0. The van der Waals surface area contributed by atoms with Crippen LogP contribution in [0.5, 0.6) is 0 Å². The molecular weight excluding hydrogens is 272 g/mol. The lowest BCUT2D eigenvalue weighted by atomic mass is 9.82. The van der Waals surface area contributed by atoms with Crippen molar-refractivity contribution in [3.63, 3.8) is 0 Å². The predicted octanol–water partition coefficient (Wildman–Crippen LogP) is 3.32. The summed E-state index contributed by atoms with van der Waals surface area (Å²) in [6.45, 7) is 2.84. The molecule has 1 aromatic rings. The minimum Gasteiger partial charge on any atom is -0.399 e. The maximum atomic E-state index is 12.3. The SMILES string of the molecule is CCC1(C(=O)NCCc2ccc(N)cc2)CCCC1.Cl. The lowest BCUT2D eigenvalue weighted by Gasteiger charge is -2.26. The lowest BCUT2D eigenvalue weighted by molar-refractivity contribution is -0.131. The molecule has 1 fully saturated rings. The molecule has 1 saturated carbocycles. The van der Waals surface area contributed by atoms with Crippen molar-refractivity contribution in [1.29, 1.82) is 0 Å². The van der Waals surface area contributed by atoms with Crippen molar-refractivity contribution >= 4 is 24.0 Å². The first-order valence-corrected chi connectivity index (χ1v) is 7.29. The van der Waals surface area contributed by atoms with Gasteiger partial charge in [0.1, 0.15) is 0 Å². The predicted molar refractivity (Wildman–Crippen MR) is 86.0 cm³/mol. The van der Waals surface area contributed by atoms with Crippen molar-refractivity contribution in [3.8, 4) is 0 Å². The Bertz CT molecular complexity index is 425. The van der Waals surface area contributed by atoms with Crippen molar-refractivity contribution in [2.75, 3.05) is 12.3 Å². The Morgan fingerprint density at radius 2 is 1.85 bits per heavy atom. The molecule has 4 heteroatoms. The van der Waals surface area contributed by atoms with E-state index in [0.29, 0.717) is 6.54 Å². The number of nitrogens with one attached hydrogen (secondary N) is 1.